The number of carbonyl (C=O) groups is 1. The molecule has 1 N–H and O–H groups in total. The molecule has 0 bridgehead atoms. The summed E-state index contributed by atoms with van der Waals surface area (Å²) in [6.07, 6.45) is 0. The minimum absolute atomic E-state index is 0.106. The third kappa shape index (κ3) is 4.33. The van der Waals surface area contributed by atoms with E-state index in [2.05, 4.69) is 24.4 Å². The first-order valence-corrected chi connectivity index (χ1v) is 7.43. The Balaban J connectivity index is 1.84. The van der Waals surface area contributed by atoms with Crippen molar-refractivity contribution in [3.8, 4) is 6.07 Å². The van der Waals surface area contributed by atoms with Gasteiger partial charge in [-0.25, -0.2) is 4.79 Å². The summed E-state index contributed by atoms with van der Waals surface area (Å²) < 4.78 is 0. The molecule has 0 aliphatic carbocycles. The van der Waals surface area contributed by atoms with E-state index in [9.17, 15) is 4.79 Å². The van der Waals surface area contributed by atoms with Crippen molar-refractivity contribution in [2.45, 2.75) is 20.0 Å². The van der Waals surface area contributed by atoms with Gasteiger partial charge in [0.05, 0.1) is 18.2 Å². The van der Waals surface area contributed by atoms with Crippen LogP contribution in [0.1, 0.15) is 20.9 Å². The van der Waals surface area contributed by atoms with Crippen molar-refractivity contribution < 1.29 is 4.79 Å². The molecule has 0 aliphatic heterocycles. The van der Waals surface area contributed by atoms with Gasteiger partial charge in [-0.15, -0.1) is 11.3 Å². The molecule has 5 heteroatoms. The van der Waals surface area contributed by atoms with Gasteiger partial charge in [-0.3, -0.25) is 0 Å². The number of urea groups is 1. The van der Waals surface area contributed by atoms with Crippen LogP contribution in [-0.2, 0) is 13.1 Å². The van der Waals surface area contributed by atoms with Gasteiger partial charge in [0, 0.05) is 23.3 Å². The van der Waals surface area contributed by atoms with Crippen LogP contribution in [-0.4, -0.2) is 18.0 Å². The lowest BCUT2D eigenvalue weighted by atomic mass is 10.1. The van der Waals surface area contributed by atoms with Gasteiger partial charge in [-0.05, 0) is 36.8 Å². The maximum atomic E-state index is 12.0. The maximum absolute atomic E-state index is 12.0. The van der Waals surface area contributed by atoms with Crippen molar-refractivity contribution in [3.05, 3.63) is 57.3 Å². The number of hydrogen-bond donors (Lipinski definition) is 1. The summed E-state index contributed by atoms with van der Waals surface area (Å²) in [6.45, 7) is 3.12. The molecule has 0 fully saturated rings. The Hall–Kier alpha value is -2.32. The SMILES string of the molecule is Cc1ccc(CN(C)C(=O)NCc2ccc(C#N)cc2)s1. The standard InChI is InChI=1S/C16H17N3OS/c1-12-3-8-15(21-12)11-19(2)16(20)18-10-14-6-4-13(9-17)5-7-14/h3-8H,10-11H2,1-2H3,(H,18,20). The van der Waals surface area contributed by atoms with Gasteiger partial charge in [-0.2, -0.15) is 5.26 Å². The van der Waals surface area contributed by atoms with Crippen LogP contribution in [0.4, 0.5) is 4.79 Å². The number of thiophene rings is 1. The van der Waals surface area contributed by atoms with Crippen molar-refractivity contribution >= 4 is 17.4 Å². The molecule has 0 saturated carbocycles. The highest BCUT2D eigenvalue weighted by Gasteiger charge is 2.09. The van der Waals surface area contributed by atoms with Crippen molar-refractivity contribution in [2.75, 3.05) is 7.05 Å². The summed E-state index contributed by atoms with van der Waals surface area (Å²) in [5.41, 5.74) is 1.60. The number of benzene rings is 1. The average Bonchev–Trinajstić information content (AvgIpc) is 2.90. The Bertz CT molecular complexity index is 655. The number of rotatable bonds is 4. The van der Waals surface area contributed by atoms with Crippen molar-refractivity contribution in [1.82, 2.24) is 10.2 Å². The van der Waals surface area contributed by atoms with Gasteiger partial charge in [0.15, 0.2) is 0 Å². The number of hydrogen-bond acceptors (Lipinski definition) is 3. The van der Waals surface area contributed by atoms with Crippen LogP contribution in [0, 0.1) is 18.3 Å². The van der Waals surface area contributed by atoms with E-state index in [-0.39, 0.29) is 6.03 Å². The molecule has 108 valence electrons. The third-order valence-corrected chi connectivity index (χ3v) is 4.05. The second-order valence-corrected chi connectivity index (χ2v) is 6.21. The van der Waals surface area contributed by atoms with Crippen LogP contribution in [0.25, 0.3) is 0 Å². The molecule has 0 atom stereocenters. The smallest absolute Gasteiger partial charge is 0.317 e. The summed E-state index contributed by atoms with van der Waals surface area (Å²) in [6, 6.07) is 13.3. The quantitative estimate of drug-likeness (QED) is 0.942. The van der Waals surface area contributed by atoms with E-state index < -0.39 is 0 Å². The van der Waals surface area contributed by atoms with Crippen LogP contribution in [0.5, 0.6) is 0 Å². The van der Waals surface area contributed by atoms with E-state index in [4.69, 9.17) is 5.26 Å². The first-order chi connectivity index (χ1) is 10.1. The van der Waals surface area contributed by atoms with Crippen LogP contribution in [0.3, 0.4) is 0 Å². The summed E-state index contributed by atoms with van der Waals surface area (Å²) >= 11 is 1.70. The lowest BCUT2D eigenvalue weighted by molar-refractivity contribution is 0.207. The Kier molecular flexibility index (Phi) is 4.96. The molecule has 0 unspecified atom stereocenters. The van der Waals surface area contributed by atoms with Gasteiger partial charge >= 0.3 is 6.03 Å². The number of aryl methyl sites for hydroxylation is 1. The Morgan fingerprint density at radius 2 is 2.00 bits per heavy atom. The van der Waals surface area contributed by atoms with Crippen molar-refractivity contribution in [3.63, 3.8) is 0 Å². The zero-order chi connectivity index (χ0) is 15.2. The number of nitrogens with one attached hydrogen (secondary N) is 1. The highest BCUT2D eigenvalue weighted by Crippen LogP contribution is 2.16. The van der Waals surface area contributed by atoms with Gasteiger partial charge in [0.25, 0.3) is 0 Å². The molecule has 1 aromatic carbocycles. The number of nitrogens with zero attached hydrogens (tertiary/aromatic N) is 2. The number of carbonyl (C=O) groups excluding carboxylic acids is 1. The Labute approximate surface area is 128 Å². The van der Waals surface area contributed by atoms with Gasteiger partial charge in [-0.1, -0.05) is 12.1 Å². The zero-order valence-electron chi connectivity index (χ0n) is 12.1. The molecular formula is C16H17N3OS. The normalized spacial score (nSPS) is 9.95. The van der Waals surface area contributed by atoms with E-state index in [1.54, 1.807) is 35.4 Å². The highest BCUT2D eigenvalue weighted by molar-refractivity contribution is 7.11. The first-order valence-electron chi connectivity index (χ1n) is 6.62. The van der Waals surface area contributed by atoms with Crippen LogP contribution >= 0.6 is 11.3 Å². The maximum Gasteiger partial charge on any atom is 0.317 e. The fourth-order valence-corrected chi connectivity index (χ4v) is 2.83. The average molecular weight is 299 g/mol. The van der Waals surface area contributed by atoms with Gasteiger partial charge < -0.3 is 10.2 Å². The largest absolute Gasteiger partial charge is 0.334 e. The predicted molar refractivity (Wildman–Crippen MR) is 83.9 cm³/mol. The van der Waals surface area contributed by atoms with Crippen LogP contribution in [0.15, 0.2) is 36.4 Å². The van der Waals surface area contributed by atoms with Crippen LogP contribution < -0.4 is 5.32 Å². The third-order valence-electron chi connectivity index (χ3n) is 3.06. The predicted octanol–water partition coefficient (Wildman–Crippen LogP) is 3.27. The summed E-state index contributed by atoms with van der Waals surface area (Å²) in [5, 5.41) is 11.6. The molecule has 2 amide bonds. The Morgan fingerprint density at radius 1 is 1.29 bits per heavy atom. The number of nitriles is 1. The molecule has 4 nitrogen and oxygen atoms in total. The minimum atomic E-state index is -0.106. The Morgan fingerprint density at radius 3 is 2.57 bits per heavy atom. The van der Waals surface area contributed by atoms with Gasteiger partial charge in [0.2, 0.25) is 0 Å². The molecule has 0 aliphatic rings. The molecule has 2 aromatic rings. The highest BCUT2D eigenvalue weighted by atomic mass is 32.1. The lowest BCUT2D eigenvalue weighted by Gasteiger charge is -2.17. The molecule has 0 spiro atoms. The molecule has 2 rings (SSSR count). The fourth-order valence-electron chi connectivity index (χ4n) is 1.89. The van der Waals surface area contributed by atoms with E-state index >= 15 is 0 Å². The fraction of sp³-hybridized carbons (Fsp3) is 0.250. The second-order valence-electron chi connectivity index (χ2n) is 4.84. The number of amides is 2. The second kappa shape index (κ2) is 6.91. The molecule has 1 aromatic heterocycles. The minimum Gasteiger partial charge on any atom is -0.334 e. The van der Waals surface area contributed by atoms with Crippen LogP contribution in [0.2, 0.25) is 0 Å². The molecule has 0 saturated heterocycles. The first kappa shape index (κ1) is 15.1. The van der Waals surface area contributed by atoms with Crippen molar-refractivity contribution in [1.29, 1.82) is 5.26 Å². The summed E-state index contributed by atoms with van der Waals surface area (Å²) in [4.78, 5) is 16.1. The topological polar surface area (TPSA) is 56.1 Å². The van der Waals surface area contributed by atoms with Crippen molar-refractivity contribution in [2.24, 2.45) is 0 Å². The zero-order valence-corrected chi connectivity index (χ0v) is 12.9. The molecule has 0 radical (unpaired) electrons. The summed E-state index contributed by atoms with van der Waals surface area (Å²) in [5.74, 6) is 0. The molecular weight excluding hydrogens is 282 g/mol. The molecule has 21 heavy (non-hydrogen) atoms. The van der Waals surface area contributed by atoms with E-state index in [0.717, 1.165) is 5.56 Å². The lowest BCUT2D eigenvalue weighted by Crippen LogP contribution is -2.36. The van der Waals surface area contributed by atoms with Gasteiger partial charge in [0.1, 0.15) is 0 Å². The summed E-state index contributed by atoms with van der Waals surface area (Å²) in [7, 11) is 1.78. The van der Waals surface area contributed by atoms with E-state index in [1.807, 2.05) is 18.2 Å². The van der Waals surface area contributed by atoms with E-state index in [1.165, 1.54) is 9.75 Å². The molecule has 1 heterocycles. The monoisotopic (exact) mass is 299 g/mol. The van der Waals surface area contributed by atoms with E-state index in [0.29, 0.717) is 18.7 Å².